The van der Waals surface area contributed by atoms with E-state index in [2.05, 4.69) is 41.3 Å². The molecule has 0 aliphatic carbocycles. The molecule has 0 spiro atoms. The lowest BCUT2D eigenvalue weighted by molar-refractivity contribution is 0.262. The van der Waals surface area contributed by atoms with Gasteiger partial charge in [-0.15, -0.1) is 0 Å². The first-order valence-electron chi connectivity index (χ1n) is 15.9. The lowest BCUT2D eigenvalue weighted by atomic mass is 10.1. The highest BCUT2D eigenvalue weighted by atomic mass is 32.2. The minimum absolute atomic E-state index is 0.0762. The van der Waals surface area contributed by atoms with Gasteiger partial charge in [-0.05, 0) is 127 Å². The average Bonchev–Trinajstić information content (AvgIpc) is 3.13. The van der Waals surface area contributed by atoms with Crippen molar-refractivity contribution in [3.8, 4) is 0 Å². The molecule has 0 saturated heterocycles. The minimum Gasteiger partial charge on any atom is -0.308 e. The molecule has 6 aromatic carbocycles. The van der Waals surface area contributed by atoms with Crippen LogP contribution in [0.2, 0.25) is 0 Å². The number of nitrogens with one attached hydrogen (secondary N) is 2. The van der Waals surface area contributed by atoms with Crippen molar-refractivity contribution >= 4 is 82.5 Å². The van der Waals surface area contributed by atoms with Crippen LogP contribution in [0.15, 0.2) is 162 Å². The quantitative estimate of drug-likeness (QED) is 0.0779. The van der Waals surface area contributed by atoms with Gasteiger partial charge in [-0.1, -0.05) is 24.3 Å². The number of aryl methyl sites for hydroxylation is 2. The maximum atomic E-state index is 12.8. The van der Waals surface area contributed by atoms with Crippen molar-refractivity contribution in [2.75, 3.05) is 10.6 Å². The molecule has 0 fully saturated rings. The van der Waals surface area contributed by atoms with E-state index in [1.165, 1.54) is 18.2 Å². The zero-order chi connectivity index (χ0) is 38.5. The summed E-state index contributed by atoms with van der Waals surface area (Å²) in [4.78, 5) is 11.3. The number of azo groups is 3. The van der Waals surface area contributed by atoms with Gasteiger partial charge in [0.2, 0.25) is 0 Å². The van der Waals surface area contributed by atoms with Crippen LogP contribution in [0.4, 0.5) is 50.3 Å². The van der Waals surface area contributed by atoms with Crippen molar-refractivity contribution in [2.24, 2.45) is 30.7 Å². The molecule has 0 heterocycles. The van der Waals surface area contributed by atoms with Crippen LogP contribution in [-0.2, 0) is 20.2 Å². The van der Waals surface area contributed by atoms with Gasteiger partial charge in [-0.3, -0.25) is 9.11 Å². The number of hydrogen-bond acceptors (Lipinski definition) is 11. The number of urea groups is 1. The van der Waals surface area contributed by atoms with Crippen LogP contribution < -0.4 is 10.6 Å². The lowest BCUT2D eigenvalue weighted by Gasteiger charge is -2.11. The van der Waals surface area contributed by atoms with Crippen LogP contribution >= 0.6 is 0 Å². The van der Waals surface area contributed by atoms with Gasteiger partial charge in [0, 0.05) is 16.8 Å². The monoisotopic (exact) mass is 762 g/mol. The Morgan fingerprint density at radius 1 is 0.519 bits per heavy atom. The van der Waals surface area contributed by atoms with E-state index in [-0.39, 0.29) is 16.5 Å². The third kappa shape index (κ3) is 9.46. The number of amides is 2. The Morgan fingerprint density at radius 2 is 1.02 bits per heavy atom. The fraction of sp³-hybridized carbons (Fsp3) is 0.0541. The van der Waals surface area contributed by atoms with Crippen LogP contribution in [-0.4, -0.2) is 32.0 Å². The first kappa shape index (κ1) is 37.2. The summed E-state index contributed by atoms with van der Waals surface area (Å²) in [5, 5.41) is 31.1. The normalized spacial score (nSPS) is 12.2. The molecule has 0 unspecified atom stereocenters. The molecule has 2 amide bonds. The predicted octanol–water partition coefficient (Wildman–Crippen LogP) is 10.8. The Balaban J connectivity index is 1.07. The van der Waals surface area contributed by atoms with Gasteiger partial charge in [-0.25, -0.2) is 4.79 Å². The third-order valence-corrected chi connectivity index (χ3v) is 9.52. The summed E-state index contributed by atoms with van der Waals surface area (Å²) in [6, 6.07) is 32.1. The molecule has 0 atom stereocenters. The smallest absolute Gasteiger partial charge is 0.308 e. The van der Waals surface area contributed by atoms with Gasteiger partial charge in [0.1, 0.15) is 4.90 Å². The van der Waals surface area contributed by atoms with E-state index in [0.717, 1.165) is 17.3 Å². The second-order valence-electron chi connectivity index (χ2n) is 11.8. The Kier molecular flexibility index (Phi) is 10.8. The Labute approximate surface area is 309 Å². The highest BCUT2D eigenvalue weighted by Gasteiger charge is 2.21. The van der Waals surface area contributed by atoms with Crippen molar-refractivity contribution in [2.45, 2.75) is 23.6 Å². The number of fused-ring (bicyclic) bond motifs is 1. The van der Waals surface area contributed by atoms with Crippen LogP contribution in [0.5, 0.6) is 0 Å². The highest BCUT2D eigenvalue weighted by molar-refractivity contribution is 7.86. The van der Waals surface area contributed by atoms with Crippen LogP contribution in [0.3, 0.4) is 0 Å². The molecule has 0 aromatic heterocycles. The average molecular weight is 763 g/mol. The van der Waals surface area contributed by atoms with E-state index < -0.39 is 36.1 Å². The topological polar surface area (TPSA) is 224 Å². The number of anilines is 2. The van der Waals surface area contributed by atoms with Crippen molar-refractivity contribution in [1.29, 1.82) is 0 Å². The number of rotatable bonds is 10. The standard InChI is InChI=1S/C37H30N8O7S2/c1-23-18-29(38-37(46)39-30-9-8-25-20-32(53(47,48)49)22-36(33(25)21-30)54(50,51)52)14-16-34(23)45-43-31-15-17-35(24(2)19-31)44-42-28-12-10-27(11-13-28)41-40-26-6-4-3-5-7-26/h3-22H,1-2H3,(H2,38,39,46)(H,47,48,49)(H,50,51,52). The van der Waals surface area contributed by atoms with Crippen molar-refractivity contribution in [3.63, 3.8) is 0 Å². The molecule has 272 valence electrons. The minimum atomic E-state index is -4.90. The highest BCUT2D eigenvalue weighted by Crippen LogP contribution is 2.32. The largest absolute Gasteiger partial charge is 0.323 e. The Morgan fingerprint density at radius 3 is 1.59 bits per heavy atom. The van der Waals surface area contributed by atoms with Crippen LogP contribution in [0, 0.1) is 13.8 Å². The van der Waals surface area contributed by atoms with Crippen LogP contribution in [0.25, 0.3) is 10.8 Å². The summed E-state index contributed by atoms with van der Waals surface area (Å²) in [7, 11) is -9.66. The second kappa shape index (κ2) is 15.6. The van der Waals surface area contributed by atoms with Gasteiger partial charge in [0.25, 0.3) is 20.2 Å². The molecule has 6 aromatic rings. The van der Waals surface area contributed by atoms with E-state index in [0.29, 0.717) is 45.8 Å². The summed E-state index contributed by atoms with van der Waals surface area (Å²) in [5.41, 5.74) is 6.07. The maximum absolute atomic E-state index is 12.8. The van der Waals surface area contributed by atoms with E-state index in [1.807, 2.05) is 55.5 Å². The van der Waals surface area contributed by atoms with Gasteiger partial charge in [0.05, 0.1) is 39.0 Å². The zero-order valence-corrected chi connectivity index (χ0v) is 30.1. The summed E-state index contributed by atoms with van der Waals surface area (Å²) >= 11 is 0. The number of nitrogens with zero attached hydrogens (tertiary/aromatic N) is 6. The molecule has 0 radical (unpaired) electrons. The van der Waals surface area contributed by atoms with E-state index in [4.69, 9.17) is 0 Å². The lowest BCUT2D eigenvalue weighted by Crippen LogP contribution is -2.19. The molecular formula is C37H30N8O7S2. The number of benzene rings is 6. The van der Waals surface area contributed by atoms with Gasteiger partial charge in [0.15, 0.2) is 0 Å². The van der Waals surface area contributed by atoms with E-state index in [9.17, 15) is 30.7 Å². The molecule has 4 N–H and O–H groups in total. The molecule has 0 aliphatic rings. The molecule has 6 rings (SSSR count). The Hall–Kier alpha value is -6.53. The molecule has 0 bridgehead atoms. The number of carbonyl (C=O) groups excluding carboxylic acids is 1. The summed E-state index contributed by atoms with van der Waals surface area (Å²) in [5.74, 6) is 0. The predicted molar refractivity (Wildman–Crippen MR) is 204 cm³/mol. The molecule has 0 aliphatic heterocycles. The van der Waals surface area contributed by atoms with E-state index in [1.54, 1.807) is 49.4 Å². The number of hydrogen-bond donors (Lipinski definition) is 4. The molecule has 54 heavy (non-hydrogen) atoms. The molecule has 0 saturated carbocycles. The van der Waals surface area contributed by atoms with Crippen LogP contribution in [0.1, 0.15) is 11.1 Å². The SMILES string of the molecule is Cc1cc(N=Nc2ccc(NC(=O)Nc3ccc4cc(S(=O)(=O)O)cc(S(=O)(=O)O)c4c3)cc2C)ccc1N=Nc1ccc(N=Nc2ccccc2)cc1. The van der Waals surface area contributed by atoms with Crippen molar-refractivity contribution in [1.82, 2.24) is 0 Å². The first-order chi connectivity index (χ1) is 25.7. The maximum Gasteiger partial charge on any atom is 0.323 e. The summed E-state index contributed by atoms with van der Waals surface area (Å²) in [6.07, 6.45) is 0. The van der Waals surface area contributed by atoms with Crippen molar-refractivity contribution < 1.29 is 30.7 Å². The third-order valence-electron chi connectivity index (χ3n) is 7.79. The Bertz CT molecular complexity index is 2700. The molecule has 15 nitrogen and oxygen atoms in total. The van der Waals surface area contributed by atoms with Gasteiger partial charge >= 0.3 is 6.03 Å². The molecule has 17 heteroatoms. The zero-order valence-electron chi connectivity index (χ0n) is 28.5. The fourth-order valence-corrected chi connectivity index (χ4v) is 6.46. The fourth-order valence-electron chi connectivity index (χ4n) is 5.11. The summed E-state index contributed by atoms with van der Waals surface area (Å²) < 4.78 is 66.3. The second-order valence-corrected chi connectivity index (χ2v) is 14.6. The van der Waals surface area contributed by atoms with Gasteiger partial charge < -0.3 is 10.6 Å². The number of carbonyl (C=O) groups is 1. The van der Waals surface area contributed by atoms with Crippen molar-refractivity contribution in [3.05, 3.63) is 132 Å². The van der Waals surface area contributed by atoms with E-state index >= 15 is 0 Å². The first-order valence-corrected chi connectivity index (χ1v) is 18.8. The molecular weight excluding hydrogens is 733 g/mol. The van der Waals surface area contributed by atoms with Gasteiger partial charge in [-0.2, -0.15) is 47.5 Å². The summed E-state index contributed by atoms with van der Waals surface area (Å²) in [6.45, 7) is 3.69.